The average molecular weight is 231 g/mol. The van der Waals surface area contributed by atoms with Crippen molar-refractivity contribution in [3.8, 4) is 0 Å². The molecule has 0 spiro atoms. The van der Waals surface area contributed by atoms with Crippen LogP contribution >= 0.6 is 0 Å². The maximum Gasteiger partial charge on any atom is 0.206 e. The van der Waals surface area contributed by atoms with Gasteiger partial charge in [-0.15, -0.1) is 0 Å². The fraction of sp³-hybridized carbons (Fsp3) is 0. The van der Waals surface area contributed by atoms with E-state index in [-0.39, 0.29) is 4.90 Å². The lowest BCUT2D eigenvalue weighted by molar-refractivity contribution is 0.596. The molecule has 2 rings (SSSR count). The molecule has 0 saturated carbocycles. The molecule has 0 saturated heterocycles. The molecule has 0 unspecified atom stereocenters. The van der Waals surface area contributed by atoms with E-state index in [2.05, 4.69) is 6.92 Å². The van der Waals surface area contributed by atoms with Crippen LogP contribution in [0, 0.1) is 6.92 Å². The predicted octanol–water partition coefficient (Wildman–Crippen LogP) is 2.70. The SMILES string of the molecule is [CH2]c1ccccc1S(=O)(=O)c1ccccc1. The lowest BCUT2D eigenvalue weighted by Gasteiger charge is -2.06. The lowest BCUT2D eigenvalue weighted by Crippen LogP contribution is -2.03. The summed E-state index contributed by atoms with van der Waals surface area (Å²) in [4.78, 5) is 0.562. The summed E-state index contributed by atoms with van der Waals surface area (Å²) < 4.78 is 24.4. The normalized spacial score (nSPS) is 11.3. The van der Waals surface area contributed by atoms with Gasteiger partial charge in [-0.2, -0.15) is 0 Å². The lowest BCUT2D eigenvalue weighted by atomic mass is 10.2. The summed E-state index contributed by atoms with van der Waals surface area (Å²) in [6.45, 7) is 3.73. The standard InChI is InChI=1S/C13H11O2S/c1-11-7-5-6-10-13(11)16(14,15)12-8-3-2-4-9-12/h2-10H,1H2. The van der Waals surface area contributed by atoms with Crippen molar-refractivity contribution in [3.63, 3.8) is 0 Å². The topological polar surface area (TPSA) is 34.1 Å². The first-order valence-electron chi connectivity index (χ1n) is 4.83. The fourth-order valence-corrected chi connectivity index (χ4v) is 2.93. The van der Waals surface area contributed by atoms with E-state index in [9.17, 15) is 8.42 Å². The summed E-state index contributed by atoms with van der Waals surface area (Å²) in [5, 5.41) is 0. The number of sulfone groups is 1. The molecule has 1 radical (unpaired) electrons. The maximum absolute atomic E-state index is 12.2. The number of rotatable bonds is 2. The molecule has 0 atom stereocenters. The minimum atomic E-state index is -3.43. The van der Waals surface area contributed by atoms with Crippen LogP contribution in [-0.2, 0) is 9.84 Å². The van der Waals surface area contributed by atoms with Gasteiger partial charge in [-0.05, 0) is 30.7 Å². The van der Waals surface area contributed by atoms with Gasteiger partial charge in [0.15, 0.2) is 0 Å². The van der Waals surface area contributed by atoms with E-state index >= 15 is 0 Å². The molecule has 2 aromatic rings. The van der Waals surface area contributed by atoms with E-state index in [4.69, 9.17) is 0 Å². The Labute approximate surface area is 95.5 Å². The van der Waals surface area contributed by atoms with Crippen LogP contribution in [0.25, 0.3) is 0 Å². The van der Waals surface area contributed by atoms with Gasteiger partial charge in [0, 0.05) is 0 Å². The highest BCUT2D eigenvalue weighted by atomic mass is 32.2. The van der Waals surface area contributed by atoms with E-state index in [1.807, 2.05) is 0 Å². The molecule has 2 nitrogen and oxygen atoms in total. The van der Waals surface area contributed by atoms with Gasteiger partial charge in [-0.3, -0.25) is 0 Å². The first-order chi connectivity index (χ1) is 7.62. The second kappa shape index (κ2) is 4.10. The molecule has 2 aromatic carbocycles. The summed E-state index contributed by atoms with van der Waals surface area (Å²) in [7, 11) is -3.43. The van der Waals surface area contributed by atoms with Crippen molar-refractivity contribution >= 4 is 9.84 Å². The Balaban J connectivity index is 2.62. The number of hydrogen-bond acceptors (Lipinski definition) is 2. The average Bonchev–Trinajstić information content (AvgIpc) is 2.30. The van der Waals surface area contributed by atoms with Crippen LogP contribution in [0.3, 0.4) is 0 Å². The first-order valence-corrected chi connectivity index (χ1v) is 6.32. The quantitative estimate of drug-likeness (QED) is 0.796. The highest BCUT2D eigenvalue weighted by Crippen LogP contribution is 2.22. The molecule has 3 heteroatoms. The second-order valence-electron chi connectivity index (χ2n) is 3.42. The maximum atomic E-state index is 12.2. The zero-order chi connectivity index (χ0) is 11.6. The van der Waals surface area contributed by atoms with E-state index in [0.29, 0.717) is 10.5 Å². The third-order valence-corrected chi connectivity index (χ3v) is 4.19. The van der Waals surface area contributed by atoms with Gasteiger partial charge in [0.05, 0.1) is 9.79 Å². The molecule has 0 aromatic heterocycles. The largest absolute Gasteiger partial charge is 0.219 e. The highest BCUT2D eigenvalue weighted by molar-refractivity contribution is 7.91. The van der Waals surface area contributed by atoms with Crippen molar-refractivity contribution < 1.29 is 8.42 Å². The van der Waals surface area contributed by atoms with Gasteiger partial charge in [-0.1, -0.05) is 36.4 Å². The molecular formula is C13H11O2S. The molecule has 81 valence electrons. The summed E-state index contributed by atoms with van der Waals surface area (Å²) >= 11 is 0. The Morgan fingerprint density at radius 1 is 0.812 bits per heavy atom. The van der Waals surface area contributed by atoms with E-state index < -0.39 is 9.84 Å². The molecule has 0 aliphatic carbocycles. The predicted molar refractivity (Wildman–Crippen MR) is 62.8 cm³/mol. The van der Waals surface area contributed by atoms with Crippen LogP contribution in [-0.4, -0.2) is 8.42 Å². The second-order valence-corrected chi connectivity index (χ2v) is 5.34. The molecule has 0 fully saturated rings. The van der Waals surface area contributed by atoms with E-state index in [1.165, 1.54) is 0 Å². The van der Waals surface area contributed by atoms with Crippen molar-refractivity contribution in [1.29, 1.82) is 0 Å². The minimum Gasteiger partial charge on any atom is -0.219 e. The Morgan fingerprint density at radius 3 is 2.00 bits per heavy atom. The van der Waals surface area contributed by atoms with Crippen LogP contribution in [0.1, 0.15) is 5.56 Å². The van der Waals surface area contributed by atoms with Crippen LogP contribution in [0.5, 0.6) is 0 Å². The Morgan fingerprint density at radius 2 is 1.38 bits per heavy atom. The van der Waals surface area contributed by atoms with Crippen LogP contribution < -0.4 is 0 Å². The van der Waals surface area contributed by atoms with Crippen LogP contribution in [0.4, 0.5) is 0 Å². The van der Waals surface area contributed by atoms with Crippen molar-refractivity contribution in [1.82, 2.24) is 0 Å². The smallest absolute Gasteiger partial charge is 0.206 e. The Bertz CT molecular complexity index is 586. The fourth-order valence-electron chi connectivity index (χ4n) is 1.49. The highest BCUT2D eigenvalue weighted by Gasteiger charge is 2.18. The van der Waals surface area contributed by atoms with E-state index in [1.54, 1.807) is 54.6 Å². The summed E-state index contributed by atoms with van der Waals surface area (Å²) in [5.41, 5.74) is 0.520. The zero-order valence-corrected chi connectivity index (χ0v) is 9.44. The third-order valence-electron chi connectivity index (χ3n) is 2.32. The molecule has 0 heterocycles. The van der Waals surface area contributed by atoms with Gasteiger partial charge >= 0.3 is 0 Å². The van der Waals surface area contributed by atoms with Gasteiger partial charge in [0.25, 0.3) is 0 Å². The summed E-state index contributed by atoms with van der Waals surface area (Å²) in [6, 6.07) is 15.1. The summed E-state index contributed by atoms with van der Waals surface area (Å²) in [6.07, 6.45) is 0. The summed E-state index contributed by atoms with van der Waals surface area (Å²) in [5.74, 6) is 0. The molecule has 0 bridgehead atoms. The monoisotopic (exact) mass is 231 g/mol. The number of hydrogen-bond donors (Lipinski definition) is 0. The molecular weight excluding hydrogens is 220 g/mol. The van der Waals surface area contributed by atoms with Crippen molar-refractivity contribution in [2.45, 2.75) is 9.79 Å². The molecule has 0 amide bonds. The third kappa shape index (κ3) is 1.86. The zero-order valence-electron chi connectivity index (χ0n) is 8.63. The number of benzene rings is 2. The van der Waals surface area contributed by atoms with Crippen LogP contribution in [0.2, 0.25) is 0 Å². The van der Waals surface area contributed by atoms with Crippen molar-refractivity contribution in [2.24, 2.45) is 0 Å². The Hall–Kier alpha value is -1.61. The molecule has 0 aliphatic heterocycles. The first kappa shape index (κ1) is 10.9. The van der Waals surface area contributed by atoms with E-state index in [0.717, 1.165) is 0 Å². The van der Waals surface area contributed by atoms with Gasteiger partial charge < -0.3 is 0 Å². The molecule has 0 N–H and O–H groups in total. The molecule has 16 heavy (non-hydrogen) atoms. The Kier molecular flexibility index (Phi) is 2.79. The van der Waals surface area contributed by atoms with Crippen molar-refractivity contribution in [3.05, 3.63) is 67.1 Å². The van der Waals surface area contributed by atoms with Gasteiger partial charge in [0.1, 0.15) is 0 Å². The van der Waals surface area contributed by atoms with Crippen molar-refractivity contribution in [2.75, 3.05) is 0 Å². The minimum absolute atomic E-state index is 0.265. The van der Waals surface area contributed by atoms with Crippen LogP contribution in [0.15, 0.2) is 64.4 Å². The van der Waals surface area contributed by atoms with Gasteiger partial charge in [0.2, 0.25) is 9.84 Å². The van der Waals surface area contributed by atoms with Gasteiger partial charge in [-0.25, -0.2) is 8.42 Å². The molecule has 0 aliphatic rings.